The van der Waals surface area contributed by atoms with Crippen molar-refractivity contribution in [3.8, 4) is 11.5 Å². The number of hydrogen-bond donors (Lipinski definition) is 2. The second-order valence-corrected chi connectivity index (χ2v) is 7.60. The van der Waals surface area contributed by atoms with Crippen molar-refractivity contribution >= 4 is 16.8 Å². The monoisotopic (exact) mass is 432 g/mol. The van der Waals surface area contributed by atoms with E-state index in [2.05, 4.69) is 10.3 Å². The lowest BCUT2D eigenvalue weighted by atomic mass is 9.89. The minimum atomic E-state index is -0.403. The normalized spacial score (nSPS) is 11.9. The standard InChI is InChI=1S/C26H25FN2O3/c1-16-11-12-17(13-22(16)27)26(30)29-15-21(19-8-6-10-24(31-2)25(19)32-3)20-14-28-23-9-5-4-7-18(20)23/h4-14,21,28H,15H2,1-3H3,(H,29,30). The molecule has 0 fully saturated rings. The summed E-state index contributed by atoms with van der Waals surface area (Å²) in [6.07, 6.45) is 1.95. The fourth-order valence-electron chi connectivity index (χ4n) is 3.99. The molecule has 1 aromatic heterocycles. The highest BCUT2D eigenvalue weighted by Gasteiger charge is 2.24. The Bertz CT molecular complexity index is 1270. The summed E-state index contributed by atoms with van der Waals surface area (Å²) in [5.41, 5.74) is 3.68. The Labute approximate surface area is 186 Å². The van der Waals surface area contributed by atoms with Crippen LogP contribution in [0.1, 0.15) is 33.0 Å². The van der Waals surface area contributed by atoms with Gasteiger partial charge in [0.25, 0.3) is 5.91 Å². The van der Waals surface area contributed by atoms with Gasteiger partial charge in [-0.2, -0.15) is 0 Å². The first-order valence-corrected chi connectivity index (χ1v) is 10.3. The van der Waals surface area contributed by atoms with Gasteiger partial charge in [0.2, 0.25) is 0 Å². The Morgan fingerprint density at radius 2 is 1.84 bits per heavy atom. The van der Waals surface area contributed by atoms with Gasteiger partial charge in [0, 0.05) is 40.7 Å². The van der Waals surface area contributed by atoms with Crippen LogP contribution in [0.4, 0.5) is 4.39 Å². The van der Waals surface area contributed by atoms with Crippen molar-refractivity contribution in [1.82, 2.24) is 10.3 Å². The number of hydrogen-bond acceptors (Lipinski definition) is 3. The molecule has 0 saturated heterocycles. The summed E-state index contributed by atoms with van der Waals surface area (Å²) in [6.45, 7) is 1.96. The molecule has 5 nitrogen and oxygen atoms in total. The van der Waals surface area contributed by atoms with Crippen LogP contribution in [-0.2, 0) is 0 Å². The van der Waals surface area contributed by atoms with Crippen LogP contribution in [0.25, 0.3) is 10.9 Å². The van der Waals surface area contributed by atoms with E-state index < -0.39 is 5.82 Å². The van der Waals surface area contributed by atoms with E-state index >= 15 is 0 Å². The fourth-order valence-corrected chi connectivity index (χ4v) is 3.99. The number of amides is 1. The zero-order valence-corrected chi connectivity index (χ0v) is 18.2. The molecule has 0 spiro atoms. The smallest absolute Gasteiger partial charge is 0.251 e. The lowest BCUT2D eigenvalue weighted by Crippen LogP contribution is -2.29. The maximum atomic E-state index is 14.0. The van der Waals surface area contributed by atoms with Crippen LogP contribution in [-0.4, -0.2) is 31.7 Å². The van der Waals surface area contributed by atoms with Crippen molar-refractivity contribution in [1.29, 1.82) is 0 Å². The van der Waals surface area contributed by atoms with E-state index in [9.17, 15) is 9.18 Å². The summed E-state index contributed by atoms with van der Waals surface area (Å²) in [7, 11) is 3.19. The highest BCUT2D eigenvalue weighted by molar-refractivity contribution is 5.94. The van der Waals surface area contributed by atoms with E-state index in [1.165, 1.54) is 6.07 Å². The van der Waals surface area contributed by atoms with Crippen molar-refractivity contribution in [3.63, 3.8) is 0 Å². The third kappa shape index (κ3) is 4.04. The zero-order chi connectivity index (χ0) is 22.7. The number of ether oxygens (including phenoxy) is 2. The van der Waals surface area contributed by atoms with Gasteiger partial charge in [0.1, 0.15) is 5.82 Å². The predicted octanol–water partition coefficient (Wildman–Crippen LogP) is 5.19. The van der Waals surface area contributed by atoms with Crippen molar-refractivity contribution in [2.75, 3.05) is 20.8 Å². The number of rotatable bonds is 7. The van der Waals surface area contributed by atoms with Crippen LogP contribution in [0.2, 0.25) is 0 Å². The number of methoxy groups -OCH3 is 2. The first kappa shape index (κ1) is 21.4. The molecule has 164 valence electrons. The molecule has 0 radical (unpaired) electrons. The van der Waals surface area contributed by atoms with E-state index in [0.717, 1.165) is 22.0 Å². The Kier molecular flexibility index (Phi) is 6.12. The van der Waals surface area contributed by atoms with E-state index in [0.29, 0.717) is 23.6 Å². The van der Waals surface area contributed by atoms with Gasteiger partial charge in [0.15, 0.2) is 11.5 Å². The highest BCUT2D eigenvalue weighted by atomic mass is 19.1. The molecular formula is C26H25FN2O3. The molecule has 1 atom stereocenters. The number of carbonyl (C=O) groups excluding carboxylic acids is 1. The average Bonchev–Trinajstić information content (AvgIpc) is 3.24. The van der Waals surface area contributed by atoms with Crippen LogP contribution in [0.3, 0.4) is 0 Å². The highest BCUT2D eigenvalue weighted by Crippen LogP contribution is 2.40. The molecule has 32 heavy (non-hydrogen) atoms. The molecule has 4 aromatic rings. The van der Waals surface area contributed by atoms with Gasteiger partial charge >= 0.3 is 0 Å². The Hall–Kier alpha value is -3.80. The average molecular weight is 432 g/mol. The van der Waals surface area contributed by atoms with Gasteiger partial charge in [-0.25, -0.2) is 4.39 Å². The van der Waals surface area contributed by atoms with E-state index in [-0.39, 0.29) is 17.4 Å². The maximum Gasteiger partial charge on any atom is 0.251 e. The van der Waals surface area contributed by atoms with Crippen molar-refractivity contribution in [2.24, 2.45) is 0 Å². The van der Waals surface area contributed by atoms with Crippen LogP contribution in [0.15, 0.2) is 66.9 Å². The molecule has 0 aliphatic heterocycles. The van der Waals surface area contributed by atoms with Crippen molar-refractivity contribution < 1.29 is 18.7 Å². The number of aromatic nitrogens is 1. The first-order chi connectivity index (χ1) is 15.5. The number of aryl methyl sites for hydroxylation is 1. The minimum absolute atomic E-state index is 0.226. The van der Waals surface area contributed by atoms with E-state index in [1.807, 2.05) is 48.7 Å². The quantitative estimate of drug-likeness (QED) is 0.422. The van der Waals surface area contributed by atoms with Gasteiger partial charge in [-0.3, -0.25) is 4.79 Å². The number of carbonyl (C=O) groups is 1. The second-order valence-electron chi connectivity index (χ2n) is 7.60. The van der Waals surface area contributed by atoms with Crippen molar-refractivity contribution in [2.45, 2.75) is 12.8 Å². The zero-order valence-electron chi connectivity index (χ0n) is 18.2. The molecule has 3 aromatic carbocycles. The molecule has 6 heteroatoms. The van der Waals surface area contributed by atoms with Gasteiger partial charge < -0.3 is 19.8 Å². The number of fused-ring (bicyclic) bond motifs is 1. The Morgan fingerprint density at radius 1 is 1.03 bits per heavy atom. The molecule has 1 amide bonds. The van der Waals surface area contributed by atoms with Crippen LogP contribution in [0, 0.1) is 12.7 Å². The lowest BCUT2D eigenvalue weighted by molar-refractivity contribution is 0.0952. The van der Waals surface area contributed by atoms with Crippen molar-refractivity contribution in [3.05, 3.63) is 94.9 Å². The molecule has 0 saturated carbocycles. The fraction of sp³-hybridized carbons (Fsp3) is 0.192. The number of benzene rings is 3. The minimum Gasteiger partial charge on any atom is -0.493 e. The summed E-state index contributed by atoms with van der Waals surface area (Å²) in [4.78, 5) is 16.1. The van der Waals surface area contributed by atoms with Gasteiger partial charge in [-0.1, -0.05) is 36.4 Å². The molecule has 1 heterocycles. The molecule has 2 N–H and O–H groups in total. The maximum absolute atomic E-state index is 14.0. The molecule has 0 aliphatic rings. The summed E-state index contributed by atoms with van der Waals surface area (Å²) in [5, 5.41) is 4.02. The largest absolute Gasteiger partial charge is 0.493 e. The SMILES string of the molecule is COc1cccc(C(CNC(=O)c2ccc(C)c(F)c2)c2c[nH]c3ccccc23)c1OC. The number of H-pyrrole nitrogens is 1. The number of halogens is 1. The molecular weight excluding hydrogens is 407 g/mol. The lowest BCUT2D eigenvalue weighted by Gasteiger charge is -2.22. The summed E-state index contributed by atoms with van der Waals surface area (Å²) >= 11 is 0. The molecule has 1 unspecified atom stereocenters. The third-order valence-corrected chi connectivity index (χ3v) is 5.71. The Balaban J connectivity index is 1.73. The molecule has 4 rings (SSSR count). The van der Waals surface area contributed by atoms with Gasteiger partial charge in [-0.05, 0) is 42.3 Å². The van der Waals surface area contributed by atoms with E-state index in [1.54, 1.807) is 33.3 Å². The summed E-state index contributed by atoms with van der Waals surface area (Å²) in [5.74, 6) is 0.258. The van der Waals surface area contributed by atoms with Crippen LogP contribution < -0.4 is 14.8 Å². The van der Waals surface area contributed by atoms with Crippen LogP contribution in [0.5, 0.6) is 11.5 Å². The number of nitrogens with one attached hydrogen (secondary N) is 2. The summed E-state index contributed by atoms with van der Waals surface area (Å²) < 4.78 is 25.1. The van der Waals surface area contributed by atoms with Gasteiger partial charge in [-0.15, -0.1) is 0 Å². The number of aromatic amines is 1. The predicted molar refractivity (Wildman–Crippen MR) is 123 cm³/mol. The topological polar surface area (TPSA) is 63.3 Å². The summed E-state index contributed by atoms with van der Waals surface area (Å²) in [6, 6.07) is 18.2. The Morgan fingerprint density at radius 3 is 2.59 bits per heavy atom. The van der Waals surface area contributed by atoms with Gasteiger partial charge in [0.05, 0.1) is 14.2 Å². The van der Waals surface area contributed by atoms with Crippen LogP contribution >= 0.6 is 0 Å². The number of para-hydroxylation sites is 2. The second kappa shape index (κ2) is 9.14. The molecule has 0 bridgehead atoms. The third-order valence-electron chi connectivity index (χ3n) is 5.71. The first-order valence-electron chi connectivity index (χ1n) is 10.3. The molecule has 0 aliphatic carbocycles. The van der Waals surface area contributed by atoms with E-state index in [4.69, 9.17) is 9.47 Å².